The van der Waals surface area contributed by atoms with Gasteiger partial charge in [0, 0.05) is 17.8 Å². The normalized spacial score (nSPS) is 13.8. The number of urea groups is 1. The Balaban J connectivity index is 1.45. The van der Waals surface area contributed by atoms with E-state index in [0.29, 0.717) is 16.8 Å². The van der Waals surface area contributed by atoms with Crippen LogP contribution >= 0.6 is 11.6 Å². The summed E-state index contributed by atoms with van der Waals surface area (Å²) in [5.74, 6) is -0.698. The molecular weight excluding hydrogens is 528 g/mol. The Morgan fingerprint density at radius 1 is 1.15 bits per heavy atom. The molecule has 1 aliphatic heterocycles. The second-order valence-corrected chi connectivity index (χ2v) is 8.95. The fraction of sp³-hybridized carbons (Fsp3) is 0.148. The van der Waals surface area contributed by atoms with E-state index in [1.807, 2.05) is 13.0 Å². The highest BCUT2D eigenvalue weighted by Crippen LogP contribution is 2.37. The molecule has 2 N–H and O–H groups in total. The third-order valence-electron chi connectivity index (χ3n) is 5.66. The number of amides is 4. The number of carbonyl (C=O) groups is 3. The SMILES string of the molecule is COc1cc(/C=C2/NC(=O)N(CC(=O)Nc3cccc(C)c3)C2=O)cc(Cl)c1OCc1ccc([N+](=O)[O-])cc1. The molecule has 1 heterocycles. The smallest absolute Gasteiger partial charge is 0.329 e. The third kappa shape index (κ3) is 6.51. The van der Waals surface area contributed by atoms with Gasteiger partial charge < -0.3 is 20.1 Å². The van der Waals surface area contributed by atoms with Crippen molar-refractivity contribution in [3.05, 3.63) is 98.2 Å². The van der Waals surface area contributed by atoms with Crippen LogP contribution in [-0.2, 0) is 16.2 Å². The van der Waals surface area contributed by atoms with Gasteiger partial charge >= 0.3 is 6.03 Å². The summed E-state index contributed by atoms with van der Waals surface area (Å²) in [4.78, 5) is 48.8. The number of nitro benzene ring substituents is 1. The first kappa shape index (κ1) is 27.1. The largest absolute Gasteiger partial charge is 0.493 e. The van der Waals surface area contributed by atoms with Crippen LogP contribution in [0.1, 0.15) is 16.7 Å². The van der Waals surface area contributed by atoms with E-state index >= 15 is 0 Å². The van der Waals surface area contributed by atoms with Gasteiger partial charge in [0.1, 0.15) is 18.8 Å². The van der Waals surface area contributed by atoms with E-state index in [1.165, 1.54) is 31.4 Å². The average molecular weight is 551 g/mol. The predicted octanol–water partition coefficient (Wildman–Crippen LogP) is 4.68. The lowest BCUT2D eigenvalue weighted by atomic mass is 10.1. The van der Waals surface area contributed by atoms with Gasteiger partial charge in [-0.1, -0.05) is 23.7 Å². The Morgan fingerprint density at radius 3 is 2.56 bits per heavy atom. The highest BCUT2D eigenvalue weighted by Gasteiger charge is 2.35. The first-order chi connectivity index (χ1) is 18.6. The second-order valence-electron chi connectivity index (χ2n) is 8.54. The molecule has 1 fully saturated rings. The van der Waals surface area contributed by atoms with E-state index in [2.05, 4.69) is 10.6 Å². The summed E-state index contributed by atoms with van der Waals surface area (Å²) >= 11 is 6.42. The lowest BCUT2D eigenvalue weighted by Crippen LogP contribution is -2.38. The van der Waals surface area contributed by atoms with E-state index in [1.54, 1.807) is 36.4 Å². The molecule has 0 radical (unpaired) electrons. The lowest BCUT2D eigenvalue weighted by Gasteiger charge is -2.14. The maximum atomic E-state index is 12.9. The fourth-order valence-electron chi connectivity index (χ4n) is 3.78. The van der Waals surface area contributed by atoms with Crippen LogP contribution in [0.15, 0.2) is 66.4 Å². The molecule has 0 atom stereocenters. The van der Waals surface area contributed by atoms with Crippen LogP contribution in [-0.4, -0.2) is 41.3 Å². The van der Waals surface area contributed by atoms with Crippen LogP contribution in [0.3, 0.4) is 0 Å². The van der Waals surface area contributed by atoms with Crippen LogP contribution in [0.4, 0.5) is 16.2 Å². The van der Waals surface area contributed by atoms with Crippen LogP contribution in [0, 0.1) is 17.0 Å². The Bertz CT molecular complexity index is 1490. The zero-order chi connectivity index (χ0) is 28.1. The van der Waals surface area contributed by atoms with E-state index in [0.717, 1.165) is 10.5 Å². The molecule has 0 aromatic heterocycles. The van der Waals surface area contributed by atoms with Crippen molar-refractivity contribution >= 4 is 46.9 Å². The molecule has 4 rings (SSSR count). The fourth-order valence-corrected chi connectivity index (χ4v) is 4.06. The zero-order valence-electron chi connectivity index (χ0n) is 20.9. The summed E-state index contributed by atoms with van der Waals surface area (Å²) in [6, 6.07) is 15.4. The monoisotopic (exact) mass is 550 g/mol. The molecule has 0 saturated carbocycles. The van der Waals surface area contributed by atoms with Crippen LogP contribution in [0.25, 0.3) is 6.08 Å². The van der Waals surface area contributed by atoms with Gasteiger partial charge in [-0.15, -0.1) is 0 Å². The number of nitrogens with one attached hydrogen (secondary N) is 2. The van der Waals surface area contributed by atoms with Crippen LogP contribution in [0.5, 0.6) is 11.5 Å². The summed E-state index contributed by atoms with van der Waals surface area (Å²) in [6.45, 7) is 1.49. The summed E-state index contributed by atoms with van der Waals surface area (Å²) < 4.78 is 11.2. The quantitative estimate of drug-likeness (QED) is 0.171. The average Bonchev–Trinajstić information content (AvgIpc) is 3.15. The number of hydrogen-bond acceptors (Lipinski definition) is 7. The van der Waals surface area contributed by atoms with Crippen LogP contribution in [0.2, 0.25) is 5.02 Å². The molecule has 1 aliphatic rings. The number of anilines is 1. The molecule has 0 aliphatic carbocycles. The van der Waals surface area contributed by atoms with Gasteiger partial charge in [0.05, 0.1) is 17.1 Å². The maximum Gasteiger partial charge on any atom is 0.329 e. The van der Waals surface area contributed by atoms with Crippen molar-refractivity contribution in [3.8, 4) is 11.5 Å². The molecule has 3 aromatic carbocycles. The minimum Gasteiger partial charge on any atom is -0.493 e. The number of carbonyl (C=O) groups excluding carboxylic acids is 3. The molecule has 39 heavy (non-hydrogen) atoms. The van der Waals surface area contributed by atoms with Gasteiger partial charge in [0.2, 0.25) is 5.91 Å². The molecule has 11 nitrogen and oxygen atoms in total. The predicted molar refractivity (Wildman–Crippen MR) is 143 cm³/mol. The summed E-state index contributed by atoms with van der Waals surface area (Å²) in [5, 5.41) is 16.1. The number of nitro groups is 1. The molecular formula is C27H23ClN4O7. The molecule has 200 valence electrons. The first-order valence-corrected chi connectivity index (χ1v) is 12.0. The van der Waals surface area contributed by atoms with Crippen molar-refractivity contribution in [3.63, 3.8) is 0 Å². The molecule has 0 unspecified atom stereocenters. The number of non-ortho nitro benzene ring substituents is 1. The van der Waals surface area contributed by atoms with Crippen LogP contribution < -0.4 is 20.1 Å². The third-order valence-corrected chi connectivity index (χ3v) is 5.94. The van der Waals surface area contributed by atoms with Crippen molar-refractivity contribution in [1.82, 2.24) is 10.2 Å². The molecule has 1 saturated heterocycles. The van der Waals surface area contributed by atoms with Crippen molar-refractivity contribution in [1.29, 1.82) is 0 Å². The Kier molecular flexibility index (Phi) is 8.11. The summed E-state index contributed by atoms with van der Waals surface area (Å²) in [5.41, 5.74) is 2.54. The highest BCUT2D eigenvalue weighted by molar-refractivity contribution is 6.32. The van der Waals surface area contributed by atoms with Gasteiger partial charge in [0.25, 0.3) is 11.6 Å². The van der Waals surface area contributed by atoms with E-state index < -0.39 is 29.3 Å². The number of aryl methyl sites for hydroxylation is 1. The Morgan fingerprint density at radius 2 is 1.90 bits per heavy atom. The van der Waals surface area contributed by atoms with Gasteiger partial charge in [-0.05, 0) is 66.1 Å². The second kappa shape index (κ2) is 11.7. The van der Waals surface area contributed by atoms with E-state index in [4.69, 9.17) is 21.1 Å². The standard InChI is InChI=1S/C27H23ClN4O7/c1-16-4-3-5-19(10-16)29-24(33)14-31-26(34)22(30-27(31)35)12-18-11-21(28)25(23(13-18)38-2)39-15-17-6-8-20(9-7-17)32(36)37/h3-13H,14-15H2,1-2H3,(H,29,33)(H,30,35)/b22-12+. The number of halogens is 1. The summed E-state index contributed by atoms with van der Waals surface area (Å²) in [6.07, 6.45) is 1.41. The maximum absolute atomic E-state index is 12.9. The number of rotatable bonds is 9. The van der Waals surface area contributed by atoms with Gasteiger partial charge in [-0.25, -0.2) is 9.69 Å². The number of hydrogen-bond donors (Lipinski definition) is 2. The van der Waals surface area contributed by atoms with Crippen molar-refractivity contribution in [2.24, 2.45) is 0 Å². The molecule has 0 spiro atoms. The Labute approximate surface area is 228 Å². The number of methoxy groups -OCH3 is 1. The van der Waals surface area contributed by atoms with Gasteiger partial charge in [-0.2, -0.15) is 0 Å². The van der Waals surface area contributed by atoms with Crippen molar-refractivity contribution < 1.29 is 28.8 Å². The minimum absolute atomic E-state index is 0.0363. The minimum atomic E-state index is -0.730. The number of ether oxygens (including phenoxy) is 2. The number of nitrogens with zero attached hydrogens (tertiary/aromatic N) is 2. The lowest BCUT2D eigenvalue weighted by molar-refractivity contribution is -0.384. The van der Waals surface area contributed by atoms with E-state index in [9.17, 15) is 24.5 Å². The molecule has 4 amide bonds. The summed E-state index contributed by atoms with van der Waals surface area (Å²) in [7, 11) is 1.42. The Hall–Kier alpha value is -4.90. The number of imide groups is 1. The number of benzene rings is 3. The van der Waals surface area contributed by atoms with Crippen molar-refractivity contribution in [2.45, 2.75) is 13.5 Å². The molecule has 3 aromatic rings. The molecule has 12 heteroatoms. The highest BCUT2D eigenvalue weighted by atomic mass is 35.5. The van der Waals surface area contributed by atoms with Gasteiger partial charge in [0.15, 0.2) is 11.5 Å². The topological polar surface area (TPSA) is 140 Å². The first-order valence-electron chi connectivity index (χ1n) is 11.6. The van der Waals surface area contributed by atoms with Crippen molar-refractivity contribution in [2.75, 3.05) is 19.0 Å². The van der Waals surface area contributed by atoms with Gasteiger partial charge in [-0.3, -0.25) is 19.7 Å². The zero-order valence-corrected chi connectivity index (χ0v) is 21.7. The molecule has 0 bridgehead atoms. The van der Waals surface area contributed by atoms with E-state index in [-0.39, 0.29) is 34.5 Å².